The summed E-state index contributed by atoms with van der Waals surface area (Å²) in [6.45, 7) is 3.41. The molecule has 0 atom stereocenters. The highest BCUT2D eigenvalue weighted by Crippen LogP contribution is 2.29. The summed E-state index contributed by atoms with van der Waals surface area (Å²) in [4.78, 5) is 22.4. The second-order valence-electron chi connectivity index (χ2n) is 6.83. The van der Waals surface area contributed by atoms with Gasteiger partial charge in [0.05, 0.1) is 10.7 Å². The van der Waals surface area contributed by atoms with Crippen molar-refractivity contribution in [1.29, 1.82) is 0 Å². The fraction of sp³-hybridized carbons (Fsp3) is 0.400. The molecule has 2 N–H and O–H groups in total. The highest BCUT2D eigenvalue weighted by atomic mass is 32.1. The summed E-state index contributed by atoms with van der Waals surface area (Å²) in [6, 6.07) is 8.83. The largest absolute Gasteiger partial charge is 0.361 e. The number of aromatic nitrogens is 2. The van der Waals surface area contributed by atoms with Gasteiger partial charge in [0.1, 0.15) is 0 Å². The van der Waals surface area contributed by atoms with Gasteiger partial charge in [0, 0.05) is 42.6 Å². The number of benzene rings is 1. The molecule has 1 saturated carbocycles. The smallest absolute Gasteiger partial charge is 0.317 e. The number of H-pyrrole nitrogens is 1. The first kappa shape index (κ1) is 17.1. The lowest BCUT2D eigenvalue weighted by Gasteiger charge is -2.23. The molecule has 6 heteroatoms. The number of nitrogens with zero attached hydrogens (tertiary/aromatic N) is 2. The summed E-state index contributed by atoms with van der Waals surface area (Å²) in [5.41, 5.74) is 3.38. The number of rotatable bonds is 7. The van der Waals surface area contributed by atoms with Gasteiger partial charge in [-0.3, -0.25) is 0 Å². The molecular weight excluding hydrogens is 344 g/mol. The van der Waals surface area contributed by atoms with Crippen LogP contribution < -0.4 is 5.32 Å². The van der Waals surface area contributed by atoms with Gasteiger partial charge in [0.2, 0.25) is 0 Å². The summed E-state index contributed by atoms with van der Waals surface area (Å²) >= 11 is 1.70. The number of fused-ring (bicyclic) bond motifs is 1. The van der Waals surface area contributed by atoms with E-state index in [9.17, 15) is 4.79 Å². The third-order valence-corrected chi connectivity index (χ3v) is 5.82. The van der Waals surface area contributed by atoms with Crippen molar-refractivity contribution in [3.05, 3.63) is 52.1 Å². The summed E-state index contributed by atoms with van der Waals surface area (Å²) in [7, 11) is 0. The number of aromatic amines is 1. The Hall–Kier alpha value is -2.34. The molecule has 2 aromatic heterocycles. The Morgan fingerprint density at radius 1 is 1.38 bits per heavy atom. The Balaban J connectivity index is 1.35. The van der Waals surface area contributed by atoms with Crippen LogP contribution in [0.3, 0.4) is 0 Å². The van der Waals surface area contributed by atoms with Crippen LogP contribution in [0.15, 0.2) is 35.8 Å². The molecule has 5 nitrogen and oxygen atoms in total. The lowest BCUT2D eigenvalue weighted by atomic mass is 10.1. The number of nitrogens with one attached hydrogen (secondary N) is 2. The molecular formula is C20H24N4OS. The molecule has 2 amide bonds. The molecule has 0 radical (unpaired) electrons. The number of amides is 2. The molecule has 0 spiro atoms. The average Bonchev–Trinajstić information content (AvgIpc) is 3.20. The second kappa shape index (κ2) is 7.50. The maximum absolute atomic E-state index is 12.7. The molecule has 1 aliphatic carbocycles. The minimum Gasteiger partial charge on any atom is -0.361 e. The predicted molar refractivity (Wildman–Crippen MR) is 105 cm³/mol. The average molecular weight is 369 g/mol. The molecule has 3 aromatic rings. The molecule has 136 valence electrons. The fourth-order valence-corrected chi connectivity index (χ4v) is 3.96. The first-order valence-corrected chi connectivity index (χ1v) is 10.1. The van der Waals surface area contributed by atoms with Gasteiger partial charge >= 0.3 is 6.03 Å². The first-order valence-electron chi connectivity index (χ1n) is 9.26. The summed E-state index contributed by atoms with van der Waals surface area (Å²) < 4.78 is 0. The van der Waals surface area contributed by atoms with Gasteiger partial charge in [-0.25, -0.2) is 9.78 Å². The van der Waals surface area contributed by atoms with Gasteiger partial charge in [-0.05, 0) is 48.4 Å². The van der Waals surface area contributed by atoms with Crippen LogP contribution >= 0.6 is 11.3 Å². The zero-order valence-electron chi connectivity index (χ0n) is 15.0. The highest BCUT2D eigenvalue weighted by Gasteiger charge is 2.32. The minimum atomic E-state index is 0.0348. The van der Waals surface area contributed by atoms with Crippen molar-refractivity contribution in [2.24, 2.45) is 0 Å². The molecule has 1 aliphatic rings. The highest BCUT2D eigenvalue weighted by molar-refractivity contribution is 7.09. The topological polar surface area (TPSA) is 61.0 Å². The van der Waals surface area contributed by atoms with Crippen LogP contribution in [0.1, 0.15) is 36.0 Å². The van der Waals surface area contributed by atoms with Crippen LogP contribution in [-0.2, 0) is 19.4 Å². The predicted octanol–water partition coefficient (Wildman–Crippen LogP) is 4.10. The van der Waals surface area contributed by atoms with Crippen LogP contribution in [0.4, 0.5) is 4.79 Å². The Morgan fingerprint density at radius 3 is 3.04 bits per heavy atom. The number of hydrogen-bond donors (Lipinski definition) is 2. The molecule has 1 aromatic carbocycles. The number of carbonyl (C=O) groups excluding carboxylic acids is 1. The summed E-state index contributed by atoms with van der Waals surface area (Å²) in [5, 5.41) is 7.52. The van der Waals surface area contributed by atoms with Crippen LogP contribution in [0, 0.1) is 0 Å². The summed E-state index contributed by atoms with van der Waals surface area (Å²) in [5.74, 6) is 0. The van der Waals surface area contributed by atoms with Gasteiger partial charge in [-0.2, -0.15) is 0 Å². The fourth-order valence-electron chi connectivity index (χ4n) is 3.18. The molecule has 0 bridgehead atoms. The second-order valence-corrected chi connectivity index (χ2v) is 7.77. The maximum atomic E-state index is 12.7. The van der Waals surface area contributed by atoms with Gasteiger partial charge in [0.25, 0.3) is 0 Å². The van der Waals surface area contributed by atoms with E-state index in [0.29, 0.717) is 19.1 Å². The van der Waals surface area contributed by atoms with Gasteiger partial charge in [-0.15, -0.1) is 11.3 Å². The zero-order valence-corrected chi connectivity index (χ0v) is 15.8. The van der Waals surface area contributed by atoms with Crippen LogP contribution in [0.25, 0.3) is 10.9 Å². The Labute approximate surface area is 157 Å². The molecule has 1 fully saturated rings. The minimum absolute atomic E-state index is 0.0348. The number of hydrogen-bond acceptors (Lipinski definition) is 3. The molecule has 2 heterocycles. The van der Waals surface area contributed by atoms with Gasteiger partial charge in [0.15, 0.2) is 0 Å². The Bertz CT molecular complexity index is 896. The van der Waals surface area contributed by atoms with Gasteiger partial charge in [-0.1, -0.05) is 13.0 Å². The number of aryl methyl sites for hydroxylation is 1. The summed E-state index contributed by atoms with van der Waals surface area (Å²) in [6.07, 6.45) is 5.91. The lowest BCUT2D eigenvalue weighted by molar-refractivity contribution is 0.192. The van der Waals surface area contributed by atoms with E-state index < -0.39 is 0 Å². The third kappa shape index (κ3) is 3.90. The van der Waals surface area contributed by atoms with Crippen LogP contribution in [-0.4, -0.2) is 33.5 Å². The van der Waals surface area contributed by atoms with E-state index in [2.05, 4.69) is 51.9 Å². The zero-order chi connectivity index (χ0) is 17.9. The Kier molecular flexibility index (Phi) is 4.93. The van der Waals surface area contributed by atoms with Crippen molar-refractivity contribution in [2.45, 2.75) is 45.2 Å². The number of carbonyl (C=O) groups is 1. The van der Waals surface area contributed by atoms with Crippen molar-refractivity contribution >= 4 is 28.3 Å². The van der Waals surface area contributed by atoms with Crippen molar-refractivity contribution in [2.75, 3.05) is 6.54 Å². The van der Waals surface area contributed by atoms with Crippen LogP contribution in [0.2, 0.25) is 0 Å². The van der Waals surface area contributed by atoms with Gasteiger partial charge < -0.3 is 15.2 Å². The number of urea groups is 1. The van der Waals surface area contributed by atoms with E-state index >= 15 is 0 Å². The van der Waals surface area contributed by atoms with E-state index in [4.69, 9.17) is 0 Å². The van der Waals surface area contributed by atoms with Crippen molar-refractivity contribution < 1.29 is 4.79 Å². The lowest BCUT2D eigenvalue weighted by Crippen LogP contribution is -2.41. The molecule has 0 unspecified atom stereocenters. The van der Waals surface area contributed by atoms with Crippen molar-refractivity contribution in [3.8, 4) is 0 Å². The van der Waals surface area contributed by atoms with E-state index in [1.165, 1.54) is 10.9 Å². The quantitative estimate of drug-likeness (QED) is 0.659. The maximum Gasteiger partial charge on any atom is 0.317 e. The molecule has 0 aliphatic heterocycles. The van der Waals surface area contributed by atoms with E-state index in [-0.39, 0.29) is 6.03 Å². The molecule has 26 heavy (non-hydrogen) atoms. The van der Waals surface area contributed by atoms with Crippen LogP contribution in [0.5, 0.6) is 0 Å². The van der Waals surface area contributed by atoms with E-state index in [1.54, 1.807) is 11.3 Å². The van der Waals surface area contributed by atoms with Crippen molar-refractivity contribution in [1.82, 2.24) is 20.2 Å². The molecule has 0 saturated heterocycles. The molecule has 4 rings (SSSR count). The first-order chi connectivity index (χ1) is 12.7. The Morgan fingerprint density at radius 2 is 2.27 bits per heavy atom. The standard InChI is InChI=1S/C20H24N4OS/c1-2-19-23-16(13-26-19)8-10-22-20(25)24(17-4-5-17)12-14-3-6-18-15(11-14)7-9-21-18/h3,6-7,9,11,13,17,21H,2,4-5,8,10,12H2,1H3,(H,22,25). The third-order valence-electron chi connectivity index (χ3n) is 4.78. The normalized spacial score (nSPS) is 13.9. The van der Waals surface area contributed by atoms with E-state index in [0.717, 1.165) is 41.9 Å². The van der Waals surface area contributed by atoms with E-state index in [1.807, 2.05) is 11.1 Å². The van der Waals surface area contributed by atoms with Crippen molar-refractivity contribution in [3.63, 3.8) is 0 Å². The SMILES string of the molecule is CCc1nc(CCNC(=O)N(Cc2ccc3[nH]ccc3c2)C2CC2)cs1. The monoisotopic (exact) mass is 368 g/mol. The number of thiazole rings is 1.